The Morgan fingerprint density at radius 2 is 1.70 bits per heavy atom. The van der Waals surface area contributed by atoms with E-state index in [1.54, 1.807) is 63.5 Å². The molecule has 0 fully saturated rings. The third-order valence-corrected chi connectivity index (χ3v) is 6.04. The number of ether oxygens (including phenoxy) is 2. The molecule has 8 heteroatoms. The van der Waals surface area contributed by atoms with E-state index in [4.69, 9.17) is 9.47 Å². The molecule has 0 spiro atoms. The van der Waals surface area contributed by atoms with Gasteiger partial charge in [0.05, 0.1) is 18.0 Å². The third-order valence-electron chi connectivity index (χ3n) is 4.55. The van der Waals surface area contributed by atoms with Crippen LogP contribution in [0.5, 0.6) is 5.75 Å². The number of carbonyl (C=O) groups excluding carboxylic acids is 1. The molecule has 2 aromatic carbocycles. The molecule has 0 bridgehead atoms. The second kappa shape index (κ2) is 10.3. The summed E-state index contributed by atoms with van der Waals surface area (Å²) in [7, 11) is 0.896. The van der Waals surface area contributed by atoms with E-state index in [9.17, 15) is 13.2 Å². The zero-order valence-electron chi connectivity index (χ0n) is 17.7. The van der Waals surface area contributed by atoms with Gasteiger partial charge in [-0.1, -0.05) is 43.0 Å². The molecule has 1 amide bonds. The number of methoxy groups -OCH3 is 1. The fraction of sp³-hybridized carbons (Fsp3) is 0.318. The van der Waals surface area contributed by atoms with Crippen LogP contribution in [0.4, 0.5) is 4.79 Å². The van der Waals surface area contributed by atoms with E-state index in [0.717, 1.165) is 0 Å². The van der Waals surface area contributed by atoms with E-state index in [0.29, 0.717) is 16.9 Å². The molecule has 1 N–H and O–H groups in total. The SMILES string of the molecule is C=C(C[C@@H](NS(=O)(=O)c1ccccc1)c1ccccc1OC)[C@@H](C)OC(=O)N(C)C. The summed E-state index contributed by atoms with van der Waals surface area (Å²) in [5.41, 5.74) is 1.23. The molecule has 0 radical (unpaired) electrons. The molecule has 2 aromatic rings. The van der Waals surface area contributed by atoms with Crippen molar-refractivity contribution >= 4 is 16.1 Å². The first-order valence-corrected chi connectivity index (χ1v) is 10.9. The van der Waals surface area contributed by atoms with Crippen molar-refractivity contribution in [3.05, 3.63) is 72.3 Å². The lowest BCUT2D eigenvalue weighted by Crippen LogP contribution is -2.31. The molecule has 0 heterocycles. The maximum Gasteiger partial charge on any atom is 0.409 e. The fourth-order valence-corrected chi connectivity index (χ4v) is 4.03. The van der Waals surface area contributed by atoms with Crippen LogP contribution >= 0.6 is 0 Å². The monoisotopic (exact) mass is 432 g/mol. The summed E-state index contributed by atoms with van der Waals surface area (Å²) in [6.07, 6.45) is -0.880. The minimum atomic E-state index is -3.80. The Bertz CT molecular complexity index is 974. The summed E-state index contributed by atoms with van der Waals surface area (Å²) < 4.78 is 39.5. The number of hydrogen-bond donors (Lipinski definition) is 1. The number of nitrogens with zero attached hydrogens (tertiary/aromatic N) is 1. The normalized spacial score (nSPS) is 13.2. The van der Waals surface area contributed by atoms with Gasteiger partial charge in [0.25, 0.3) is 0 Å². The highest BCUT2D eigenvalue weighted by Gasteiger charge is 2.26. The van der Waals surface area contributed by atoms with Crippen molar-refractivity contribution in [2.24, 2.45) is 0 Å². The Labute approximate surface area is 178 Å². The zero-order valence-corrected chi connectivity index (χ0v) is 18.5. The Balaban J connectivity index is 2.33. The van der Waals surface area contributed by atoms with Crippen molar-refractivity contribution < 1.29 is 22.7 Å². The van der Waals surface area contributed by atoms with Gasteiger partial charge in [-0.3, -0.25) is 0 Å². The number of rotatable bonds is 9. The van der Waals surface area contributed by atoms with Crippen LogP contribution in [0.3, 0.4) is 0 Å². The molecular formula is C22H28N2O5S. The molecule has 0 aromatic heterocycles. The van der Waals surface area contributed by atoms with Crippen LogP contribution in [0, 0.1) is 0 Å². The number of nitrogens with one attached hydrogen (secondary N) is 1. The maximum atomic E-state index is 13.0. The lowest BCUT2D eigenvalue weighted by Gasteiger charge is -2.25. The van der Waals surface area contributed by atoms with Gasteiger partial charge in [-0.05, 0) is 37.1 Å². The van der Waals surface area contributed by atoms with Gasteiger partial charge in [-0.2, -0.15) is 0 Å². The number of benzene rings is 2. The summed E-state index contributed by atoms with van der Waals surface area (Å²) in [6.45, 7) is 5.72. The van der Waals surface area contributed by atoms with Crippen molar-refractivity contribution in [3.63, 3.8) is 0 Å². The van der Waals surface area contributed by atoms with Gasteiger partial charge >= 0.3 is 6.09 Å². The van der Waals surface area contributed by atoms with E-state index >= 15 is 0 Å². The predicted octanol–water partition coefficient (Wildman–Crippen LogP) is 3.75. The molecule has 0 unspecified atom stereocenters. The highest BCUT2D eigenvalue weighted by atomic mass is 32.2. The summed E-state index contributed by atoms with van der Waals surface area (Å²) in [5.74, 6) is 0.545. The van der Waals surface area contributed by atoms with E-state index in [2.05, 4.69) is 11.3 Å². The van der Waals surface area contributed by atoms with E-state index in [-0.39, 0.29) is 11.3 Å². The summed E-state index contributed by atoms with van der Waals surface area (Å²) in [5, 5.41) is 0. The van der Waals surface area contributed by atoms with Crippen LogP contribution in [0.15, 0.2) is 71.6 Å². The molecule has 2 atom stereocenters. The summed E-state index contributed by atoms with van der Waals surface area (Å²) in [6, 6.07) is 14.6. The van der Waals surface area contributed by atoms with Gasteiger partial charge in [-0.25, -0.2) is 17.9 Å². The van der Waals surface area contributed by atoms with Crippen molar-refractivity contribution in [2.75, 3.05) is 21.2 Å². The van der Waals surface area contributed by atoms with E-state index < -0.39 is 28.3 Å². The second-order valence-corrected chi connectivity index (χ2v) is 8.73. The van der Waals surface area contributed by atoms with Crippen LogP contribution in [-0.2, 0) is 14.8 Å². The van der Waals surface area contributed by atoms with E-state index in [1.807, 2.05) is 0 Å². The van der Waals surface area contributed by atoms with Crippen molar-refractivity contribution in [1.29, 1.82) is 0 Å². The first-order valence-electron chi connectivity index (χ1n) is 9.41. The summed E-state index contributed by atoms with van der Waals surface area (Å²) >= 11 is 0. The molecule has 0 aliphatic carbocycles. The lowest BCUT2D eigenvalue weighted by molar-refractivity contribution is 0.0948. The molecule has 7 nitrogen and oxygen atoms in total. The van der Waals surface area contributed by atoms with Gasteiger partial charge in [0.15, 0.2) is 0 Å². The van der Waals surface area contributed by atoms with Crippen LogP contribution in [0.2, 0.25) is 0 Å². The van der Waals surface area contributed by atoms with Crippen molar-refractivity contribution in [1.82, 2.24) is 9.62 Å². The average Bonchev–Trinajstić information content (AvgIpc) is 2.73. The third kappa shape index (κ3) is 6.08. The fourth-order valence-electron chi connectivity index (χ4n) is 2.79. The molecule has 0 aliphatic heterocycles. The van der Waals surface area contributed by atoms with Crippen molar-refractivity contribution in [3.8, 4) is 5.75 Å². The number of sulfonamides is 1. The number of amides is 1. The van der Waals surface area contributed by atoms with Crippen LogP contribution in [0.25, 0.3) is 0 Å². The number of para-hydroxylation sites is 1. The molecule has 2 rings (SSSR count). The number of hydrogen-bond acceptors (Lipinski definition) is 5. The molecule has 0 aliphatic rings. The molecule has 0 saturated heterocycles. The van der Waals surface area contributed by atoms with Crippen LogP contribution in [0.1, 0.15) is 24.9 Å². The predicted molar refractivity (Wildman–Crippen MR) is 116 cm³/mol. The molecule has 162 valence electrons. The number of carbonyl (C=O) groups is 1. The maximum absolute atomic E-state index is 13.0. The Hall–Kier alpha value is -2.84. The Kier molecular flexibility index (Phi) is 8.02. The van der Waals surface area contributed by atoms with Gasteiger partial charge in [0.2, 0.25) is 10.0 Å². The Morgan fingerprint density at radius 3 is 2.30 bits per heavy atom. The zero-order chi connectivity index (χ0) is 22.3. The standard InChI is InChI=1S/C22H28N2O5S/c1-16(17(2)29-22(25)24(3)4)15-20(19-13-9-10-14-21(19)28-5)23-30(26,27)18-11-7-6-8-12-18/h6-14,17,20,23H,1,15H2,2-5H3/t17-,20-/m1/s1. The van der Waals surface area contributed by atoms with Gasteiger partial charge in [-0.15, -0.1) is 0 Å². The van der Waals surface area contributed by atoms with Crippen LogP contribution in [-0.4, -0.2) is 46.7 Å². The highest BCUT2D eigenvalue weighted by Crippen LogP contribution is 2.31. The molecule has 30 heavy (non-hydrogen) atoms. The molecular weight excluding hydrogens is 404 g/mol. The largest absolute Gasteiger partial charge is 0.496 e. The Morgan fingerprint density at radius 1 is 1.10 bits per heavy atom. The topological polar surface area (TPSA) is 84.9 Å². The smallest absolute Gasteiger partial charge is 0.409 e. The lowest BCUT2D eigenvalue weighted by atomic mass is 9.97. The quantitative estimate of drug-likeness (QED) is 0.610. The summed E-state index contributed by atoms with van der Waals surface area (Å²) in [4.78, 5) is 13.3. The first kappa shape index (κ1) is 23.4. The van der Waals surface area contributed by atoms with Gasteiger partial charge < -0.3 is 14.4 Å². The van der Waals surface area contributed by atoms with Crippen molar-refractivity contribution in [2.45, 2.75) is 30.4 Å². The van der Waals surface area contributed by atoms with Gasteiger partial charge in [0, 0.05) is 19.7 Å². The van der Waals surface area contributed by atoms with Crippen LogP contribution < -0.4 is 9.46 Å². The first-order chi connectivity index (χ1) is 14.2. The minimum Gasteiger partial charge on any atom is -0.496 e. The molecule has 0 saturated carbocycles. The van der Waals surface area contributed by atoms with Gasteiger partial charge in [0.1, 0.15) is 11.9 Å². The second-order valence-electron chi connectivity index (χ2n) is 7.01. The highest BCUT2D eigenvalue weighted by molar-refractivity contribution is 7.89. The van der Waals surface area contributed by atoms with E-state index in [1.165, 1.54) is 24.1 Å². The minimum absolute atomic E-state index is 0.155. The average molecular weight is 433 g/mol.